The number of hydrogen-bond acceptors (Lipinski definition) is 1. The van der Waals surface area contributed by atoms with E-state index in [1.807, 2.05) is 7.11 Å². The van der Waals surface area contributed by atoms with Gasteiger partial charge in [0, 0.05) is 0 Å². The summed E-state index contributed by atoms with van der Waals surface area (Å²) in [6.07, 6.45) is 0. The molecule has 0 aliphatic heterocycles. The molecular formula is C23H38Cl2OSiTi. The Morgan fingerprint density at radius 1 is 0.964 bits per heavy atom. The van der Waals surface area contributed by atoms with Gasteiger partial charge in [0.15, 0.2) is 0 Å². The van der Waals surface area contributed by atoms with E-state index < -0.39 is 5.94 Å². The molecule has 1 aromatic carbocycles. The SMILES string of the molecule is COc1c(C(C)(C)C)cc(C)cc1[Si](C)(C)[Ti][C]1=C(C)C(C)=C(C)C1C.Cl.Cl. The summed E-state index contributed by atoms with van der Waals surface area (Å²) in [4.78, 5) is 0. The molecule has 1 unspecified atom stereocenters. The van der Waals surface area contributed by atoms with Gasteiger partial charge < -0.3 is 0 Å². The van der Waals surface area contributed by atoms with Crippen LogP contribution in [-0.4, -0.2) is 13.0 Å². The zero-order valence-electron chi connectivity index (χ0n) is 19.5. The number of allylic oxidation sites excluding steroid dienone is 4. The molecule has 1 aromatic rings. The van der Waals surface area contributed by atoms with Crippen LogP contribution >= 0.6 is 24.8 Å². The van der Waals surface area contributed by atoms with E-state index in [2.05, 4.69) is 80.6 Å². The van der Waals surface area contributed by atoms with Gasteiger partial charge in [-0.15, -0.1) is 24.8 Å². The molecule has 0 fully saturated rings. The number of methoxy groups -OCH3 is 1. The second-order valence-electron chi connectivity index (χ2n) is 9.46. The maximum absolute atomic E-state index is 6.03. The second-order valence-corrected chi connectivity index (χ2v) is 21.4. The number of rotatable bonds is 4. The van der Waals surface area contributed by atoms with E-state index in [1.54, 1.807) is 15.0 Å². The average molecular weight is 477 g/mol. The summed E-state index contributed by atoms with van der Waals surface area (Å²) in [6, 6.07) is 4.75. The summed E-state index contributed by atoms with van der Waals surface area (Å²) in [5.74, 6) is 0.221. The van der Waals surface area contributed by atoms with E-state index in [4.69, 9.17) is 4.74 Å². The molecule has 0 amide bonds. The van der Waals surface area contributed by atoms with Crippen molar-refractivity contribution in [2.45, 2.75) is 73.9 Å². The Bertz CT molecular complexity index is 789. The summed E-state index contributed by atoms with van der Waals surface area (Å²) < 4.78 is 7.81. The molecule has 0 N–H and O–H groups in total. The molecule has 1 aliphatic carbocycles. The summed E-state index contributed by atoms with van der Waals surface area (Å²) in [6.45, 7) is 23.6. The third-order valence-electron chi connectivity index (χ3n) is 6.01. The van der Waals surface area contributed by atoms with Crippen LogP contribution in [0.1, 0.15) is 59.6 Å². The summed E-state index contributed by atoms with van der Waals surface area (Å²) in [5.41, 5.74) is 7.52. The first-order valence-electron chi connectivity index (χ1n) is 9.67. The minimum absolute atomic E-state index is 0. The van der Waals surface area contributed by atoms with Crippen LogP contribution in [0.3, 0.4) is 0 Å². The van der Waals surface area contributed by atoms with Crippen molar-refractivity contribution in [2.75, 3.05) is 7.11 Å². The number of ether oxygens (including phenoxy) is 1. The van der Waals surface area contributed by atoms with E-state index in [0.717, 1.165) is 5.75 Å². The zero-order chi connectivity index (χ0) is 20.0. The molecule has 158 valence electrons. The van der Waals surface area contributed by atoms with Gasteiger partial charge in [-0.25, -0.2) is 0 Å². The quantitative estimate of drug-likeness (QED) is 0.429. The third-order valence-corrected chi connectivity index (χ3v) is 15.3. The Labute approximate surface area is 194 Å². The molecule has 5 heteroatoms. The maximum Gasteiger partial charge on any atom is -0.147 e. The first kappa shape index (κ1) is 28.0. The monoisotopic (exact) mass is 476 g/mol. The Morgan fingerprint density at radius 3 is 1.89 bits per heavy atom. The zero-order valence-corrected chi connectivity index (χ0v) is 23.7. The van der Waals surface area contributed by atoms with Crippen LogP contribution in [0.5, 0.6) is 5.75 Å². The van der Waals surface area contributed by atoms with Crippen molar-refractivity contribution in [2.24, 2.45) is 5.92 Å². The number of benzene rings is 1. The first-order chi connectivity index (χ1) is 11.8. The Balaban J connectivity index is 0.00000364. The van der Waals surface area contributed by atoms with Gasteiger partial charge in [0.25, 0.3) is 0 Å². The van der Waals surface area contributed by atoms with E-state index in [-0.39, 0.29) is 48.6 Å². The third kappa shape index (κ3) is 5.38. The fourth-order valence-corrected chi connectivity index (χ4v) is 13.8. The van der Waals surface area contributed by atoms with Gasteiger partial charge in [0.2, 0.25) is 0 Å². The van der Waals surface area contributed by atoms with Gasteiger partial charge in [-0.1, -0.05) is 0 Å². The number of hydrogen-bond donors (Lipinski definition) is 0. The topological polar surface area (TPSA) is 9.23 Å². The molecule has 1 nitrogen and oxygen atoms in total. The molecule has 1 aliphatic rings. The van der Waals surface area contributed by atoms with E-state index in [1.165, 1.54) is 21.9 Å². The molecular weight excluding hydrogens is 439 g/mol. The number of halogens is 2. The smallest absolute Gasteiger partial charge is 0.147 e. The van der Waals surface area contributed by atoms with Crippen LogP contribution in [-0.2, 0) is 23.8 Å². The standard InChI is InChI=1S/C14H23OSi.C9H13.2ClH.Ti/c1-10-8-11(14(2,3)4)13(15-5)12(9-10)16(6)7;1-6-5-7(2)9(4)8(6)3;;;/h8-9H,1-7H3;6H,1-4H3;2*1H;. The predicted octanol–water partition coefficient (Wildman–Crippen LogP) is 6.90. The van der Waals surface area contributed by atoms with Crippen molar-refractivity contribution in [3.8, 4) is 5.75 Å². The Kier molecular flexibility index (Phi) is 9.88. The minimum Gasteiger partial charge on any atom is -0.147 e. The largest absolute Gasteiger partial charge is 0.147 e. The minimum atomic E-state index is -1.58. The molecule has 0 heterocycles. The van der Waals surface area contributed by atoms with Crippen molar-refractivity contribution < 1.29 is 23.1 Å². The molecule has 0 aromatic heterocycles. The number of aryl methyl sites for hydroxylation is 1. The van der Waals surface area contributed by atoms with E-state index in [0.29, 0.717) is 5.92 Å². The summed E-state index contributed by atoms with van der Waals surface area (Å²) >= 11 is -0.195. The van der Waals surface area contributed by atoms with Crippen molar-refractivity contribution >= 4 is 35.9 Å². The van der Waals surface area contributed by atoms with Crippen molar-refractivity contribution in [3.05, 3.63) is 43.9 Å². The van der Waals surface area contributed by atoms with Gasteiger partial charge in [0.05, 0.1) is 0 Å². The Hall–Kier alpha value is 0.0112. The molecule has 0 saturated heterocycles. The van der Waals surface area contributed by atoms with E-state index in [9.17, 15) is 0 Å². The molecule has 0 bridgehead atoms. The fourth-order valence-electron chi connectivity index (χ4n) is 3.98. The van der Waals surface area contributed by atoms with Gasteiger partial charge in [-0.2, -0.15) is 0 Å². The molecule has 0 radical (unpaired) electrons. The second kappa shape index (κ2) is 9.88. The van der Waals surface area contributed by atoms with Crippen LogP contribution in [0.2, 0.25) is 13.1 Å². The molecule has 0 saturated carbocycles. The summed E-state index contributed by atoms with van der Waals surface area (Å²) in [5, 5.41) is 1.53. The van der Waals surface area contributed by atoms with Gasteiger partial charge in [-0.05, 0) is 0 Å². The molecule has 28 heavy (non-hydrogen) atoms. The van der Waals surface area contributed by atoms with E-state index >= 15 is 0 Å². The van der Waals surface area contributed by atoms with Crippen molar-refractivity contribution in [3.63, 3.8) is 0 Å². The van der Waals surface area contributed by atoms with Crippen LogP contribution in [0, 0.1) is 12.8 Å². The molecule has 1 atom stereocenters. The molecule has 2 rings (SSSR count). The Morgan fingerprint density at radius 2 is 1.50 bits per heavy atom. The summed E-state index contributed by atoms with van der Waals surface area (Å²) in [7, 11) is 1.85. The van der Waals surface area contributed by atoms with Crippen LogP contribution in [0.15, 0.2) is 32.7 Å². The van der Waals surface area contributed by atoms with Crippen molar-refractivity contribution in [1.29, 1.82) is 0 Å². The average Bonchev–Trinajstić information content (AvgIpc) is 2.71. The van der Waals surface area contributed by atoms with Crippen LogP contribution in [0.4, 0.5) is 0 Å². The van der Waals surface area contributed by atoms with Crippen LogP contribution < -0.4 is 9.92 Å². The first-order valence-corrected chi connectivity index (χ1v) is 15.8. The predicted molar refractivity (Wildman–Crippen MR) is 128 cm³/mol. The maximum atomic E-state index is 6.03. The van der Waals surface area contributed by atoms with Gasteiger partial charge in [0.1, 0.15) is 0 Å². The molecule has 0 spiro atoms. The van der Waals surface area contributed by atoms with Gasteiger partial charge >= 0.3 is 171 Å². The fraction of sp³-hybridized carbons (Fsp3) is 0.565. The van der Waals surface area contributed by atoms with Crippen molar-refractivity contribution in [1.82, 2.24) is 0 Å². The van der Waals surface area contributed by atoms with Crippen LogP contribution in [0.25, 0.3) is 0 Å². The van der Waals surface area contributed by atoms with Gasteiger partial charge in [-0.3, -0.25) is 0 Å². The normalized spacial score (nSPS) is 17.3.